The van der Waals surface area contributed by atoms with Gasteiger partial charge in [-0.1, -0.05) is 36.4 Å². The van der Waals surface area contributed by atoms with E-state index in [1.807, 2.05) is 58.8 Å². The number of amides is 1. The second kappa shape index (κ2) is 7.66. The molecule has 2 aromatic heterocycles. The van der Waals surface area contributed by atoms with Crippen LogP contribution in [0.1, 0.15) is 30.2 Å². The Kier molecular flexibility index (Phi) is 4.93. The summed E-state index contributed by atoms with van der Waals surface area (Å²) in [5, 5.41) is 10.4. The SMILES string of the molecule is O=C(/C=C\c1ccccc1)N1CCCC(c2nnc(-c3cccs3)o2)C1. The predicted octanol–water partition coefficient (Wildman–Crippen LogP) is 4.22. The Hall–Kier alpha value is -2.73. The average Bonchev–Trinajstić information content (AvgIpc) is 3.38. The van der Waals surface area contributed by atoms with Crippen molar-refractivity contribution in [3.05, 3.63) is 65.4 Å². The molecule has 0 radical (unpaired) electrons. The molecule has 0 bridgehead atoms. The summed E-state index contributed by atoms with van der Waals surface area (Å²) in [6.45, 7) is 1.38. The van der Waals surface area contributed by atoms with Crippen molar-refractivity contribution in [2.75, 3.05) is 13.1 Å². The lowest BCUT2D eigenvalue weighted by atomic mass is 9.98. The summed E-state index contributed by atoms with van der Waals surface area (Å²) < 4.78 is 5.86. The first kappa shape index (κ1) is 16.7. The van der Waals surface area contributed by atoms with Gasteiger partial charge in [0.05, 0.1) is 10.8 Å². The first-order valence-corrected chi connectivity index (χ1v) is 9.57. The largest absolute Gasteiger partial charge is 0.420 e. The van der Waals surface area contributed by atoms with Crippen molar-refractivity contribution in [3.8, 4) is 10.8 Å². The molecule has 132 valence electrons. The number of carbonyl (C=O) groups excluding carboxylic acids is 1. The van der Waals surface area contributed by atoms with Crippen LogP contribution >= 0.6 is 11.3 Å². The summed E-state index contributed by atoms with van der Waals surface area (Å²) in [4.78, 5) is 15.3. The maximum Gasteiger partial charge on any atom is 0.257 e. The van der Waals surface area contributed by atoms with Crippen LogP contribution in [0.2, 0.25) is 0 Å². The molecule has 4 rings (SSSR count). The van der Waals surface area contributed by atoms with Gasteiger partial charge in [-0.05, 0) is 35.9 Å². The number of hydrogen-bond donors (Lipinski definition) is 0. The molecule has 0 saturated carbocycles. The topological polar surface area (TPSA) is 59.2 Å². The zero-order valence-corrected chi connectivity index (χ0v) is 15.1. The number of benzene rings is 1. The molecule has 5 nitrogen and oxygen atoms in total. The van der Waals surface area contributed by atoms with E-state index in [1.54, 1.807) is 17.4 Å². The Morgan fingerprint density at radius 3 is 2.88 bits per heavy atom. The van der Waals surface area contributed by atoms with Crippen molar-refractivity contribution >= 4 is 23.3 Å². The molecular weight excluding hydrogens is 346 g/mol. The number of likely N-dealkylation sites (tertiary alicyclic amines) is 1. The van der Waals surface area contributed by atoms with Crippen LogP contribution in [-0.4, -0.2) is 34.1 Å². The van der Waals surface area contributed by atoms with Gasteiger partial charge in [-0.15, -0.1) is 21.5 Å². The lowest BCUT2D eigenvalue weighted by Gasteiger charge is -2.30. The number of aromatic nitrogens is 2. The molecular formula is C20H19N3O2S. The summed E-state index contributed by atoms with van der Waals surface area (Å²) >= 11 is 1.58. The zero-order chi connectivity index (χ0) is 17.8. The van der Waals surface area contributed by atoms with Gasteiger partial charge in [0.1, 0.15) is 0 Å². The second-order valence-corrected chi connectivity index (χ2v) is 7.24. The first-order chi connectivity index (χ1) is 12.8. The van der Waals surface area contributed by atoms with E-state index >= 15 is 0 Å². The summed E-state index contributed by atoms with van der Waals surface area (Å²) in [5.74, 6) is 1.30. The van der Waals surface area contributed by atoms with Gasteiger partial charge in [0.2, 0.25) is 11.8 Å². The zero-order valence-electron chi connectivity index (χ0n) is 14.2. The normalized spacial score (nSPS) is 17.7. The van der Waals surface area contributed by atoms with Crippen molar-refractivity contribution < 1.29 is 9.21 Å². The Morgan fingerprint density at radius 1 is 1.19 bits per heavy atom. The van der Waals surface area contributed by atoms with E-state index in [4.69, 9.17) is 4.42 Å². The van der Waals surface area contributed by atoms with Crippen molar-refractivity contribution in [1.82, 2.24) is 15.1 Å². The van der Waals surface area contributed by atoms with Gasteiger partial charge in [0, 0.05) is 19.2 Å². The smallest absolute Gasteiger partial charge is 0.257 e. The van der Waals surface area contributed by atoms with Crippen LogP contribution in [0.3, 0.4) is 0 Å². The lowest BCUT2D eigenvalue weighted by molar-refractivity contribution is -0.127. The minimum Gasteiger partial charge on any atom is -0.420 e. The molecule has 6 heteroatoms. The maximum absolute atomic E-state index is 12.5. The van der Waals surface area contributed by atoms with Gasteiger partial charge in [-0.25, -0.2) is 0 Å². The highest BCUT2D eigenvalue weighted by Crippen LogP contribution is 2.30. The number of carbonyl (C=O) groups is 1. The second-order valence-electron chi connectivity index (χ2n) is 6.29. The van der Waals surface area contributed by atoms with Gasteiger partial charge in [-0.3, -0.25) is 4.79 Å². The van der Waals surface area contributed by atoms with Crippen LogP contribution < -0.4 is 0 Å². The van der Waals surface area contributed by atoms with E-state index in [0.717, 1.165) is 29.8 Å². The lowest BCUT2D eigenvalue weighted by Crippen LogP contribution is -2.38. The minimum atomic E-state index is 0.0246. The third-order valence-electron chi connectivity index (χ3n) is 4.47. The highest BCUT2D eigenvalue weighted by Gasteiger charge is 2.27. The van der Waals surface area contributed by atoms with Crippen molar-refractivity contribution in [2.24, 2.45) is 0 Å². The van der Waals surface area contributed by atoms with E-state index < -0.39 is 0 Å². The molecule has 1 aliphatic heterocycles. The average molecular weight is 365 g/mol. The van der Waals surface area contributed by atoms with Crippen LogP contribution in [0.15, 0.2) is 58.3 Å². The van der Waals surface area contributed by atoms with Crippen molar-refractivity contribution in [3.63, 3.8) is 0 Å². The van der Waals surface area contributed by atoms with Gasteiger partial charge in [-0.2, -0.15) is 0 Å². The molecule has 0 spiro atoms. The molecule has 1 aromatic carbocycles. The van der Waals surface area contributed by atoms with Gasteiger partial charge < -0.3 is 9.32 Å². The first-order valence-electron chi connectivity index (χ1n) is 8.69. The molecule has 1 amide bonds. The molecule has 1 fully saturated rings. The van der Waals surface area contributed by atoms with Crippen molar-refractivity contribution in [1.29, 1.82) is 0 Å². The number of nitrogens with zero attached hydrogens (tertiary/aromatic N) is 3. The number of thiophene rings is 1. The molecule has 3 heterocycles. The number of rotatable bonds is 4. The van der Waals surface area contributed by atoms with Crippen LogP contribution in [0, 0.1) is 0 Å². The number of hydrogen-bond acceptors (Lipinski definition) is 5. The summed E-state index contributed by atoms with van der Waals surface area (Å²) in [6.07, 6.45) is 5.39. The summed E-state index contributed by atoms with van der Waals surface area (Å²) in [7, 11) is 0. The van der Waals surface area contributed by atoms with Crippen LogP contribution in [0.5, 0.6) is 0 Å². The standard InChI is InChI=1S/C20H19N3O2S/c24-18(11-10-15-6-2-1-3-7-15)23-12-4-8-16(14-23)19-21-22-20(25-19)17-9-5-13-26-17/h1-3,5-7,9-11,13,16H,4,8,12,14H2/b11-10-. The summed E-state index contributed by atoms with van der Waals surface area (Å²) in [5.41, 5.74) is 1.02. The third-order valence-corrected chi connectivity index (χ3v) is 5.33. The molecule has 1 saturated heterocycles. The van der Waals surface area contributed by atoms with E-state index in [9.17, 15) is 4.79 Å². The number of piperidine rings is 1. The highest BCUT2D eigenvalue weighted by molar-refractivity contribution is 7.13. The summed E-state index contributed by atoms with van der Waals surface area (Å²) in [6, 6.07) is 13.8. The molecule has 1 atom stereocenters. The Morgan fingerprint density at radius 2 is 2.08 bits per heavy atom. The molecule has 3 aromatic rings. The quantitative estimate of drug-likeness (QED) is 0.650. The fourth-order valence-corrected chi connectivity index (χ4v) is 3.76. The van der Waals surface area contributed by atoms with Gasteiger partial charge >= 0.3 is 0 Å². The molecule has 1 unspecified atom stereocenters. The minimum absolute atomic E-state index is 0.0246. The van der Waals surface area contributed by atoms with Crippen molar-refractivity contribution in [2.45, 2.75) is 18.8 Å². The van der Waals surface area contributed by atoms with Crippen LogP contribution in [-0.2, 0) is 4.79 Å². The van der Waals surface area contributed by atoms with Crippen LogP contribution in [0.4, 0.5) is 0 Å². The van der Waals surface area contributed by atoms with Gasteiger partial charge in [0.25, 0.3) is 5.89 Å². The van der Waals surface area contributed by atoms with E-state index in [2.05, 4.69) is 10.2 Å². The third kappa shape index (κ3) is 3.75. The highest BCUT2D eigenvalue weighted by atomic mass is 32.1. The molecule has 26 heavy (non-hydrogen) atoms. The van der Waals surface area contributed by atoms with Crippen LogP contribution in [0.25, 0.3) is 16.8 Å². The van der Waals surface area contributed by atoms with E-state index in [1.165, 1.54) is 0 Å². The fourth-order valence-electron chi connectivity index (χ4n) is 3.12. The van der Waals surface area contributed by atoms with E-state index in [-0.39, 0.29) is 11.8 Å². The molecule has 0 N–H and O–H groups in total. The molecule has 1 aliphatic rings. The van der Waals surface area contributed by atoms with E-state index in [0.29, 0.717) is 18.3 Å². The predicted molar refractivity (Wildman–Crippen MR) is 102 cm³/mol. The Bertz CT molecular complexity index is 887. The Labute approximate surface area is 156 Å². The monoisotopic (exact) mass is 365 g/mol. The maximum atomic E-state index is 12.5. The Balaban J connectivity index is 1.42. The fraction of sp³-hybridized carbons (Fsp3) is 0.250. The van der Waals surface area contributed by atoms with Gasteiger partial charge in [0.15, 0.2) is 0 Å². The molecule has 0 aliphatic carbocycles.